The zero-order valence-corrected chi connectivity index (χ0v) is 12.5. The summed E-state index contributed by atoms with van der Waals surface area (Å²) in [5.74, 6) is 0. The Morgan fingerprint density at radius 1 is 1.27 bits per heavy atom. The number of nitrogens with zero attached hydrogens (tertiary/aromatic N) is 3. The molecule has 0 radical (unpaired) electrons. The first kappa shape index (κ1) is 13.3. The average molecular weight is 294 g/mol. The van der Waals surface area contributed by atoms with E-state index in [1.54, 1.807) is 0 Å². The summed E-state index contributed by atoms with van der Waals surface area (Å²) in [7, 11) is 0. The Morgan fingerprint density at radius 3 is 2.91 bits per heavy atom. The molecule has 1 aliphatic rings. The highest BCUT2D eigenvalue weighted by Crippen LogP contribution is 2.19. The van der Waals surface area contributed by atoms with Crippen LogP contribution in [0.25, 0.3) is 5.65 Å². The predicted molar refractivity (Wildman–Crippen MR) is 84.8 cm³/mol. The zero-order valence-electron chi connectivity index (χ0n) is 12.5. The van der Waals surface area contributed by atoms with Gasteiger partial charge < -0.3 is 4.98 Å². The summed E-state index contributed by atoms with van der Waals surface area (Å²) in [5.41, 5.74) is 5.02. The molecule has 0 amide bonds. The molecular weight excluding hydrogens is 276 g/mol. The molecule has 0 atom stereocenters. The van der Waals surface area contributed by atoms with E-state index in [4.69, 9.17) is 0 Å². The molecule has 0 bridgehead atoms. The quantitative estimate of drug-likeness (QED) is 0.785. The molecule has 0 aliphatic carbocycles. The predicted octanol–water partition coefficient (Wildman–Crippen LogP) is 1.89. The van der Waals surface area contributed by atoms with Gasteiger partial charge in [-0.15, -0.1) is 0 Å². The summed E-state index contributed by atoms with van der Waals surface area (Å²) < 4.78 is 1.89. The second kappa shape index (κ2) is 5.10. The van der Waals surface area contributed by atoms with E-state index < -0.39 is 0 Å². The van der Waals surface area contributed by atoms with Crippen molar-refractivity contribution in [3.8, 4) is 0 Å². The summed E-state index contributed by atoms with van der Waals surface area (Å²) in [6, 6.07) is 10.4. The normalized spacial score (nSPS) is 15.1. The number of fused-ring (bicyclic) bond motifs is 3. The number of aromatic amines is 1. The van der Waals surface area contributed by atoms with Gasteiger partial charge in [0.05, 0.1) is 17.5 Å². The Kier molecular flexibility index (Phi) is 3.08. The van der Waals surface area contributed by atoms with Crippen molar-refractivity contribution in [1.82, 2.24) is 19.5 Å². The first-order chi connectivity index (χ1) is 10.7. The van der Waals surface area contributed by atoms with E-state index in [0.717, 1.165) is 42.0 Å². The van der Waals surface area contributed by atoms with Crippen LogP contribution in [0.3, 0.4) is 0 Å². The Bertz CT molecular complexity index is 879. The standard InChI is InChI=1S/C17H18N4O/c1-12-9-18-21-15-7-8-20(10-13-5-3-2-4-6-13)11-14(15)17(22)19-16(12)21/h2-6,9H,7-8,10-11H2,1H3,(H,19,22). The van der Waals surface area contributed by atoms with Crippen molar-refractivity contribution in [2.45, 2.75) is 26.4 Å². The van der Waals surface area contributed by atoms with Crippen LogP contribution >= 0.6 is 0 Å². The van der Waals surface area contributed by atoms with Gasteiger partial charge in [0.15, 0.2) is 0 Å². The number of nitrogens with one attached hydrogen (secondary N) is 1. The van der Waals surface area contributed by atoms with Gasteiger partial charge >= 0.3 is 0 Å². The first-order valence-corrected chi connectivity index (χ1v) is 7.57. The van der Waals surface area contributed by atoms with Gasteiger partial charge in [0.25, 0.3) is 5.56 Å². The number of hydrogen-bond acceptors (Lipinski definition) is 3. The summed E-state index contributed by atoms with van der Waals surface area (Å²) >= 11 is 0. The third-order valence-electron chi connectivity index (χ3n) is 4.36. The van der Waals surface area contributed by atoms with Gasteiger partial charge in [0.2, 0.25) is 0 Å². The maximum atomic E-state index is 12.4. The lowest BCUT2D eigenvalue weighted by molar-refractivity contribution is 0.240. The van der Waals surface area contributed by atoms with Crippen LogP contribution in [0, 0.1) is 6.92 Å². The molecule has 0 fully saturated rings. The maximum absolute atomic E-state index is 12.4. The topological polar surface area (TPSA) is 53.4 Å². The Labute approximate surface area is 128 Å². The second-order valence-corrected chi connectivity index (χ2v) is 5.91. The molecule has 5 heteroatoms. The molecular formula is C17H18N4O. The lowest BCUT2D eigenvalue weighted by atomic mass is 10.1. The summed E-state index contributed by atoms with van der Waals surface area (Å²) in [4.78, 5) is 17.7. The second-order valence-electron chi connectivity index (χ2n) is 5.91. The van der Waals surface area contributed by atoms with Crippen LogP contribution in [0.4, 0.5) is 0 Å². The largest absolute Gasteiger partial charge is 0.306 e. The lowest BCUT2D eigenvalue weighted by Gasteiger charge is -2.28. The molecule has 0 saturated carbocycles. The molecule has 0 spiro atoms. The number of benzene rings is 1. The van der Waals surface area contributed by atoms with Crippen LogP contribution in [0.5, 0.6) is 0 Å². The molecule has 2 aromatic heterocycles. The fraction of sp³-hybridized carbons (Fsp3) is 0.294. The summed E-state index contributed by atoms with van der Waals surface area (Å²) in [6.07, 6.45) is 2.66. The van der Waals surface area contributed by atoms with Crippen LogP contribution in [0.2, 0.25) is 0 Å². The SMILES string of the molecule is Cc1cnn2c3c(c(=O)[nH]c12)CN(Cc1ccccc1)CC3. The monoisotopic (exact) mass is 294 g/mol. The van der Waals surface area contributed by atoms with Gasteiger partial charge in [-0.05, 0) is 12.5 Å². The highest BCUT2D eigenvalue weighted by Gasteiger charge is 2.22. The van der Waals surface area contributed by atoms with E-state index in [1.165, 1.54) is 5.56 Å². The van der Waals surface area contributed by atoms with Crippen LogP contribution in [0.15, 0.2) is 41.3 Å². The van der Waals surface area contributed by atoms with Crippen LogP contribution < -0.4 is 5.56 Å². The number of H-pyrrole nitrogens is 1. The minimum atomic E-state index is 0.0175. The third-order valence-corrected chi connectivity index (χ3v) is 4.36. The minimum absolute atomic E-state index is 0.0175. The third kappa shape index (κ3) is 2.14. The molecule has 112 valence electrons. The van der Waals surface area contributed by atoms with Gasteiger partial charge in [-0.25, -0.2) is 4.52 Å². The number of aromatic nitrogens is 3. The van der Waals surface area contributed by atoms with Crippen molar-refractivity contribution in [3.05, 3.63) is 69.3 Å². The Balaban J connectivity index is 1.69. The molecule has 1 aromatic carbocycles. The van der Waals surface area contributed by atoms with Crippen LogP contribution in [-0.2, 0) is 19.5 Å². The van der Waals surface area contributed by atoms with Crippen LogP contribution in [-0.4, -0.2) is 26.0 Å². The number of rotatable bonds is 2. The Hall–Kier alpha value is -2.40. The zero-order chi connectivity index (χ0) is 15.1. The highest BCUT2D eigenvalue weighted by atomic mass is 16.1. The van der Waals surface area contributed by atoms with Gasteiger partial charge in [-0.2, -0.15) is 5.10 Å². The molecule has 3 aromatic rings. The van der Waals surface area contributed by atoms with Crippen molar-refractivity contribution in [3.63, 3.8) is 0 Å². The van der Waals surface area contributed by atoms with Gasteiger partial charge in [0.1, 0.15) is 5.65 Å². The van der Waals surface area contributed by atoms with E-state index in [2.05, 4.69) is 39.2 Å². The van der Waals surface area contributed by atoms with E-state index in [-0.39, 0.29) is 5.56 Å². The van der Waals surface area contributed by atoms with Crippen molar-refractivity contribution in [1.29, 1.82) is 0 Å². The van der Waals surface area contributed by atoms with Crippen molar-refractivity contribution >= 4 is 5.65 Å². The van der Waals surface area contributed by atoms with E-state index in [9.17, 15) is 4.79 Å². The smallest absolute Gasteiger partial charge is 0.255 e. The van der Waals surface area contributed by atoms with E-state index in [0.29, 0.717) is 6.54 Å². The average Bonchev–Trinajstić information content (AvgIpc) is 2.90. The van der Waals surface area contributed by atoms with Gasteiger partial charge in [-0.1, -0.05) is 30.3 Å². The van der Waals surface area contributed by atoms with E-state index >= 15 is 0 Å². The first-order valence-electron chi connectivity index (χ1n) is 7.57. The highest BCUT2D eigenvalue weighted by molar-refractivity contribution is 5.47. The van der Waals surface area contributed by atoms with Crippen molar-refractivity contribution in [2.24, 2.45) is 0 Å². The summed E-state index contributed by atoms with van der Waals surface area (Å²) in [5, 5.41) is 4.41. The van der Waals surface area contributed by atoms with Gasteiger partial charge in [0, 0.05) is 31.6 Å². The van der Waals surface area contributed by atoms with Crippen molar-refractivity contribution in [2.75, 3.05) is 6.54 Å². The van der Waals surface area contributed by atoms with E-state index in [1.807, 2.05) is 23.7 Å². The molecule has 22 heavy (non-hydrogen) atoms. The van der Waals surface area contributed by atoms with Gasteiger partial charge in [-0.3, -0.25) is 9.69 Å². The van der Waals surface area contributed by atoms with Crippen molar-refractivity contribution < 1.29 is 0 Å². The van der Waals surface area contributed by atoms with Crippen LogP contribution in [0.1, 0.15) is 22.4 Å². The minimum Gasteiger partial charge on any atom is -0.306 e. The fourth-order valence-corrected chi connectivity index (χ4v) is 3.19. The Morgan fingerprint density at radius 2 is 2.09 bits per heavy atom. The fourth-order valence-electron chi connectivity index (χ4n) is 3.19. The molecule has 3 heterocycles. The molecule has 1 N–H and O–H groups in total. The summed E-state index contributed by atoms with van der Waals surface area (Å²) in [6.45, 7) is 4.46. The molecule has 0 unspecified atom stereocenters. The maximum Gasteiger partial charge on any atom is 0.255 e. The molecule has 5 nitrogen and oxygen atoms in total. The molecule has 1 aliphatic heterocycles. The molecule has 0 saturated heterocycles. The lowest BCUT2D eigenvalue weighted by Crippen LogP contribution is -2.36. The molecule has 4 rings (SSSR count). The number of hydrogen-bond donors (Lipinski definition) is 1. The number of aryl methyl sites for hydroxylation is 1.